The minimum Gasteiger partial charge on any atom is -0.870 e. The van der Waals surface area contributed by atoms with Crippen LogP contribution in [0.2, 0.25) is 5.15 Å². The molecule has 6 atom stereocenters. The van der Waals surface area contributed by atoms with Crippen molar-refractivity contribution in [3.63, 3.8) is 0 Å². The molecule has 0 radical (unpaired) electrons. The first-order chi connectivity index (χ1) is 40.4. The van der Waals surface area contributed by atoms with Gasteiger partial charge in [-0.05, 0) is 93.4 Å². The van der Waals surface area contributed by atoms with Crippen molar-refractivity contribution < 1.29 is 64.0 Å². The average Bonchev–Trinajstić information content (AvgIpc) is 1.18. The fraction of sp³-hybridized carbons (Fsp3) is 0.379. The standard InChI is InChI=1S/C20H22N4O3S.C18H18N4O3S.C14H10ClN3O3S.C6H14N2.Na.H2O/c1-4-27-19(26)15-11-24(20-21-7-8-28-20)18-14(17(15)25)5-6-16(22-18)23-9-12(2)13(3)10-23;1-10-7-21(8-11(10)2)14-4-3-12-15(23)13(17(24)25)9-22(16(12)20-14)18-19-5-6-26-18;1-2-21-13(20)9-7-18(14-16-5-6-22-14)12-8(11(9)19)3-4-10(15)17-12;1-5-3-8-4-6(5)7-2;;/h5-8,11-13H,4,9-10H2,1-3H3;3-6,9-11H,7-8H2,1-2H3,(H,24,25);3-7H,2H2,1H3;5-8H,3-4H2,1-2H3;;1H2/q;;;;+1;/p-1/t12-,13-;10-,11-;;5-,6-;;/m00.0../s1. The Kier molecular flexibility index (Phi) is 23.0. The number of carbonyl (C=O) groups excluding carboxylic acids is 2. The summed E-state index contributed by atoms with van der Waals surface area (Å²) in [5, 5.41) is 24.3. The van der Waals surface area contributed by atoms with Crippen LogP contribution < -0.4 is 66.3 Å². The van der Waals surface area contributed by atoms with Crippen LogP contribution in [-0.4, -0.2) is 138 Å². The summed E-state index contributed by atoms with van der Waals surface area (Å²) in [7, 11) is 2.02. The second-order valence-electron chi connectivity index (χ2n) is 20.8. The second-order valence-corrected chi connectivity index (χ2v) is 23.8. The zero-order valence-corrected chi connectivity index (χ0v) is 54.2. The summed E-state index contributed by atoms with van der Waals surface area (Å²) in [6, 6.07) is 10.8. The number of ether oxygens (including phenoxy) is 2. The molecule has 0 spiro atoms. The van der Waals surface area contributed by atoms with Crippen LogP contribution in [0.1, 0.15) is 79.5 Å². The Balaban J connectivity index is 0.000000172. The smallest absolute Gasteiger partial charge is 0.870 e. The number of nitrogens with one attached hydrogen (secondary N) is 2. The third-order valence-corrected chi connectivity index (χ3v) is 17.6. The van der Waals surface area contributed by atoms with E-state index in [2.05, 4.69) is 75.0 Å². The summed E-state index contributed by atoms with van der Waals surface area (Å²) in [5.74, 6) is 2.19. The van der Waals surface area contributed by atoms with Gasteiger partial charge in [0, 0.05) is 92.1 Å². The van der Waals surface area contributed by atoms with E-state index in [9.17, 15) is 33.9 Å². The quantitative estimate of drug-likeness (QED) is 0.0866. The van der Waals surface area contributed by atoms with E-state index in [1.54, 1.807) is 81.2 Å². The zero-order chi connectivity index (χ0) is 59.9. The van der Waals surface area contributed by atoms with Crippen LogP contribution in [0.15, 0.2) is 104 Å². The van der Waals surface area contributed by atoms with Crippen LogP contribution in [0.3, 0.4) is 0 Å². The predicted octanol–water partition coefficient (Wildman–Crippen LogP) is 5.06. The van der Waals surface area contributed by atoms with Crippen LogP contribution in [0, 0.1) is 29.6 Å². The molecular formula is C58H65ClN13NaO10S3. The number of hydrogen-bond acceptors (Lipinski definition) is 22. The van der Waals surface area contributed by atoms with Crippen molar-refractivity contribution in [3.8, 4) is 15.4 Å². The monoisotopic (exact) mass is 1260 g/mol. The van der Waals surface area contributed by atoms with E-state index in [-0.39, 0.29) is 86.3 Å². The van der Waals surface area contributed by atoms with E-state index >= 15 is 0 Å². The summed E-state index contributed by atoms with van der Waals surface area (Å²) < 4.78 is 14.9. The number of likely N-dealkylation sites (N-methyl/N-ethyl adjacent to an activating group) is 1. The molecule has 3 fully saturated rings. The fourth-order valence-electron chi connectivity index (χ4n) is 10.1. The summed E-state index contributed by atoms with van der Waals surface area (Å²) in [6.07, 6.45) is 9.15. The Morgan fingerprint density at radius 3 is 1.29 bits per heavy atom. The first kappa shape index (κ1) is 66.7. The molecule has 0 saturated carbocycles. The first-order valence-corrected chi connectivity index (χ1v) is 30.4. The number of halogens is 1. The minimum atomic E-state index is -1.26. The number of esters is 2. The second kappa shape index (κ2) is 29.7. The molecular weight excluding hydrogens is 1190 g/mol. The summed E-state index contributed by atoms with van der Waals surface area (Å²) >= 11 is 10.0. The van der Waals surface area contributed by atoms with Gasteiger partial charge in [-0.1, -0.05) is 46.2 Å². The van der Waals surface area contributed by atoms with Crippen molar-refractivity contribution >= 4 is 108 Å². The topological polar surface area (TPSA) is 294 Å². The van der Waals surface area contributed by atoms with Crippen LogP contribution in [0.5, 0.6) is 0 Å². The number of nitrogens with zero attached hydrogens (tertiary/aromatic N) is 11. The van der Waals surface area contributed by atoms with Gasteiger partial charge in [0.15, 0.2) is 32.3 Å². The maximum absolute atomic E-state index is 12.9. The molecule has 0 amide bonds. The van der Waals surface area contributed by atoms with Crippen molar-refractivity contribution in [1.29, 1.82) is 0 Å². The van der Waals surface area contributed by atoms with Crippen LogP contribution in [-0.2, 0) is 9.47 Å². The van der Waals surface area contributed by atoms with Crippen molar-refractivity contribution in [1.82, 2.24) is 54.2 Å². The third-order valence-electron chi connectivity index (χ3n) is 15.1. The van der Waals surface area contributed by atoms with Gasteiger partial charge in [0.05, 0.1) is 29.4 Å². The number of aromatic carboxylic acids is 1. The summed E-state index contributed by atoms with van der Waals surface area (Å²) in [5.41, 5.74) is -0.420. The molecule has 0 bridgehead atoms. The van der Waals surface area contributed by atoms with E-state index in [4.69, 9.17) is 31.0 Å². The number of aromatic nitrogens is 9. The van der Waals surface area contributed by atoms with E-state index < -0.39 is 28.8 Å². The Labute approximate surface area is 533 Å². The van der Waals surface area contributed by atoms with Gasteiger partial charge in [-0.25, -0.2) is 44.3 Å². The van der Waals surface area contributed by atoms with Gasteiger partial charge in [0.1, 0.15) is 33.5 Å². The van der Waals surface area contributed by atoms with Gasteiger partial charge >= 0.3 is 47.5 Å². The van der Waals surface area contributed by atoms with Gasteiger partial charge < -0.3 is 40.5 Å². The number of thiazole rings is 3. The molecule has 0 unspecified atom stereocenters. The molecule has 0 aromatic carbocycles. The fourth-order valence-corrected chi connectivity index (χ4v) is 12.0. The molecule has 3 saturated heterocycles. The normalized spacial score (nSPS) is 18.7. The Morgan fingerprint density at radius 2 is 0.965 bits per heavy atom. The number of carboxylic acid groups (broad SMARTS) is 1. The molecule has 4 N–H and O–H groups in total. The molecule has 448 valence electrons. The van der Waals surface area contributed by atoms with Crippen molar-refractivity contribution in [2.75, 3.05) is 69.3 Å². The van der Waals surface area contributed by atoms with Crippen LogP contribution >= 0.6 is 45.6 Å². The molecule has 3 aliphatic heterocycles. The van der Waals surface area contributed by atoms with E-state index in [1.807, 2.05) is 18.5 Å². The summed E-state index contributed by atoms with van der Waals surface area (Å²) in [6.45, 7) is 21.0. The van der Waals surface area contributed by atoms with Crippen LogP contribution in [0.4, 0.5) is 11.6 Å². The Hall–Kier alpha value is -6.85. The number of rotatable bonds is 11. The molecule has 12 rings (SSSR count). The van der Waals surface area contributed by atoms with Gasteiger partial charge in [0.25, 0.3) is 0 Å². The Morgan fingerprint density at radius 1 is 0.593 bits per heavy atom. The maximum Gasteiger partial charge on any atom is 1.00 e. The molecule has 28 heteroatoms. The molecule has 23 nitrogen and oxygen atoms in total. The van der Waals surface area contributed by atoms with Crippen LogP contribution in [0.25, 0.3) is 48.5 Å². The molecule has 12 heterocycles. The van der Waals surface area contributed by atoms with Gasteiger partial charge in [-0.3, -0.25) is 28.1 Å². The van der Waals surface area contributed by atoms with Crippen molar-refractivity contribution in [3.05, 3.63) is 142 Å². The largest absolute Gasteiger partial charge is 1.00 e. The first-order valence-electron chi connectivity index (χ1n) is 27.4. The minimum absolute atomic E-state index is 0. The van der Waals surface area contributed by atoms with Crippen molar-refractivity contribution in [2.45, 2.75) is 54.5 Å². The average molecular weight is 1260 g/mol. The number of anilines is 2. The number of hydrogen-bond donors (Lipinski definition) is 3. The predicted molar refractivity (Wildman–Crippen MR) is 331 cm³/mol. The number of fused-ring (bicyclic) bond motifs is 3. The van der Waals surface area contributed by atoms with E-state index in [1.165, 1.54) is 65.2 Å². The summed E-state index contributed by atoms with van der Waals surface area (Å²) in [4.78, 5) is 105. The maximum atomic E-state index is 12.9. The molecule has 86 heavy (non-hydrogen) atoms. The number of carbonyl (C=O) groups is 3. The van der Waals surface area contributed by atoms with E-state index in [0.717, 1.165) is 50.3 Å². The number of pyridine rings is 6. The van der Waals surface area contributed by atoms with E-state index in [0.29, 0.717) is 67.4 Å². The van der Waals surface area contributed by atoms with Gasteiger partial charge in [-0.2, -0.15) is 0 Å². The molecule has 9 aromatic rings. The number of carboxylic acids is 1. The van der Waals surface area contributed by atoms with Gasteiger partial charge in [0.2, 0.25) is 16.3 Å². The SMILES string of the molecule is CCOC(=O)c1cn(-c2nccs2)c2nc(Cl)ccc2c1=O.CCOC(=O)c1cn(-c2nccs2)c2nc(N3C[C@H](C)[C@@H](C)C3)ccc2c1=O.CN[C@H]1CNC[C@@H]1C.C[C@H]1CN(c2ccc3c(=O)c(C(=O)O)cn(-c4nccs4)c3n2)C[C@@H]1C.[Na+].[OH-]. The molecule has 0 aliphatic carbocycles. The Bertz CT molecular complexity index is 4000. The third kappa shape index (κ3) is 14.6. The van der Waals surface area contributed by atoms with Crippen molar-refractivity contribution in [2.24, 2.45) is 29.6 Å². The molecule has 9 aromatic heterocycles. The van der Waals surface area contributed by atoms with Gasteiger partial charge in [-0.15, -0.1) is 34.0 Å². The molecule has 3 aliphatic rings. The zero-order valence-electron chi connectivity index (χ0n) is 49.0.